The molecule has 1 saturated heterocycles. The SMILES string of the molecule is CCC1CN(C(=O)C2C(C(=O)O)C2(C)C)CCO1. The van der Waals surface area contributed by atoms with Gasteiger partial charge in [0, 0.05) is 13.1 Å². The van der Waals surface area contributed by atoms with Crippen LogP contribution in [0.5, 0.6) is 0 Å². The Morgan fingerprint density at radius 2 is 2.06 bits per heavy atom. The first-order chi connectivity index (χ1) is 8.39. The summed E-state index contributed by atoms with van der Waals surface area (Å²) in [5.41, 5.74) is -0.414. The predicted molar refractivity (Wildman–Crippen MR) is 65.0 cm³/mol. The molecule has 1 heterocycles. The van der Waals surface area contributed by atoms with Crippen LogP contribution in [-0.4, -0.2) is 47.7 Å². The lowest BCUT2D eigenvalue weighted by atomic mass is 10.1. The van der Waals surface area contributed by atoms with Crippen molar-refractivity contribution in [1.29, 1.82) is 0 Å². The van der Waals surface area contributed by atoms with Gasteiger partial charge in [-0.05, 0) is 11.8 Å². The van der Waals surface area contributed by atoms with E-state index >= 15 is 0 Å². The minimum absolute atomic E-state index is 0.0193. The quantitative estimate of drug-likeness (QED) is 0.816. The van der Waals surface area contributed by atoms with E-state index in [0.717, 1.165) is 6.42 Å². The molecule has 5 nitrogen and oxygen atoms in total. The summed E-state index contributed by atoms with van der Waals surface area (Å²) < 4.78 is 5.52. The summed E-state index contributed by atoms with van der Waals surface area (Å²) in [6.07, 6.45) is 0.966. The average Bonchev–Trinajstić information content (AvgIpc) is 2.91. The molecule has 1 aliphatic carbocycles. The second-order valence-corrected chi connectivity index (χ2v) is 5.80. The van der Waals surface area contributed by atoms with Gasteiger partial charge in [-0.25, -0.2) is 0 Å². The van der Waals surface area contributed by atoms with Gasteiger partial charge in [-0.15, -0.1) is 0 Å². The molecule has 0 aromatic heterocycles. The fraction of sp³-hybridized carbons (Fsp3) is 0.846. The highest BCUT2D eigenvalue weighted by atomic mass is 16.5. The standard InChI is InChI=1S/C13H21NO4/c1-4-8-7-14(5-6-18-8)11(15)9-10(12(16)17)13(9,2)3/h8-10H,4-7H2,1-3H3,(H,16,17). The summed E-state index contributed by atoms with van der Waals surface area (Å²) in [5.74, 6) is -1.79. The van der Waals surface area contributed by atoms with Crippen LogP contribution in [-0.2, 0) is 14.3 Å². The van der Waals surface area contributed by atoms with E-state index in [1.807, 2.05) is 20.8 Å². The van der Waals surface area contributed by atoms with Crippen LogP contribution in [0.15, 0.2) is 0 Å². The van der Waals surface area contributed by atoms with E-state index in [-0.39, 0.29) is 17.9 Å². The van der Waals surface area contributed by atoms with Gasteiger partial charge in [-0.1, -0.05) is 20.8 Å². The molecule has 2 fully saturated rings. The van der Waals surface area contributed by atoms with Crippen LogP contribution in [0.25, 0.3) is 0 Å². The monoisotopic (exact) mass is 255 g/mol. The summed E-state index contributed by atoms with van der Waals surface area (Å²) >= 11 is 0. The van der Waals surface area contributed by atoms with Crippen LogP contribution in [0.1, 0.15) is 27.2 Å². The smallest absolute Gasteiger partial charge is 0.307 e. The van der Waals surface area contributed by atoms with Crippen molar-refractivity contribution < 1.29 is 19.4 Å². The molecule has 3 unspecified atom stereocenters. The molecule has 1 aliphatic heterocycles. The second-order valence-electron chi connectivity index (χ2n) is 5.80. The summed E-state index contributed by atoms with van der Waals surface area (Å²) in [6.45, 7) is 7.45. The Hall–Kier alpha value is -1.10. The van der Waals surface area contributed by atoms with E-state index in [1.54, 1.807) is 4.90 Å². The molecule has 102 valence electrons. The number of hydrogen-bond donors (Lipinski definition) is 1. The van der Waals surface area contributed by atoms with Crippen LogP contribution < -0.4 is 0 Å². The van der Waals surface area contributed by atoms with Crippen LogP contribution in [0.3, 0.4) is 0 Å². The van der Waals surface area contributed by atoms with E-state index < -0.39 is 17.3 Å². The molecule has 1 N–H and O–H groups in total. The first kappa shape index (κ1) is 13.3. The average molecular weight is 255 g/mol. The summed E-state index contributed by atoms with van der Waals surface area (Å²) in [6, 6.07) is 0. The molecule has 5 heteroatoms. The molecule has 0 spiro atoms. The molecule has 0 aromatic rings. The molecule has 0 radical (unpaired) electrons. The molecule has 0 aromatic carbocycles. The number of carboxylic acid groups (broad SMARTS) is 1. The zero-order chi connectivity index (χ0) is 13.5. The number of amides is 1. The summed E-state index contributed by atoms with van der Waals surface area (Å²) in [7, 11) is 0. The zero-order valence-corrected chi connectivity index (χ0v) is 11.2. The molecule has 1 saturated carbocycles. The van der Waals surface area contributed by atoms with E-state index in [9.17, 15) is 9.59 Å². The van der Waals surface area contributed by atoms with Crippen molar-refractivity contribution in [3.8, 4) is 0 Å². The van der Waals surface area contributed by atoms with Gasteiger partial charge >= 0.3 is 5.97 Å². The van der Waals surface area contributed by atoms with Gasteiger partial charge < -0.3 is 14.7 Å². The number of carbonyl (C=O) groups excluding carboxylic acids is 1. The zero-order valence-electron chi connectivity index (χ0n) is 11.2. The highest BCUT2D eigenvalue weighted by Crippen LogP contribution is 2.59. The van der Waals surface area contributed by atoms with Gasteiger partial charge in [-0.3, -0.25) is 9.59 Å². The maximum absolute atomic E-state index is 12.4. The number of carboxylic acids is 1. The predicted octanol–water partition coefficient (Wildman–Crippen LogP) is 0.981. The molecule has 1 amide bonds. The van der Waals surface area contributed by atoms with Gasteiger partial charge in [0.1, 0.15) is 0 Å². The van der Waals surface area contributed by atoms with E-state index in [0.29, 0.717) is 19.7 Å². The van der Waals surface area contributed by atoms with E-state index in [2.05, 4.69) is 0 Å². The lowest BCUT2D eigenvalue weighted by molar-refractivity contribution is -0.145. The number of nitrogens with zero attached hydrogens (tertiary/aromatic N) is 1. The van der Waals surface area contributed by atoms with Crippen molar-refractivity contribution in [3.05, 3.63) is 0 Å². The normalized spacial score (nSPS) is 34.2. The third-order valence-corrected chi connectivity index (χ3v) is 4.27. The number of morpholine rings is 1. The third-order valence-electron chi connectivity index (χ3n) is 4.27. The number of carbonyl (C=O) groups is 2. The van der Waals surface area contributed by atoms with Gasteiger partial charge in [-0.2, -0.15) is 0 Å². The van der Waals surface area contributed by atoms with Gasteiger partial charge in [0.05, 0.1) is 24.5 Å². The van der Waals surface area contributed by atoms with Crippen LogP contribution in [0, 0.1) is 17.3 Å². The van der Waals surface area contributed by atoms with Crippen LogP contribution >= 0.6 is 0 Å². The maximum atomic E-state index is 12.4. The number of hydrogen-bond acceptors (Lipinski definition) is 3. The fourth-order valence-electron chi connectivity index (χ4n) is 2.92. The Morgan fingerprint density at radius 1 is 1.39 bits per heavy atom. The molecule has 0 bridgehead atoms. The van der Waals surface area contributed by atoms with Crippen LogP contribution in [0.4, 0.5) is 0 Å². The molecule has 2 rings (SSSR count). The second kappa shape index (κ2) is 4.53. The van der Waals surface area contributed by atoms with E-state index in [1.165, 1.54) is 0 Å². The Balaban J connectivity index is 2.02. The molecule has 2 aliphatic rings. The molecule has 3 atom stereocenters. The summed E-state index contributed by atoms with van der Waals surface area (Å²) in [5, 5.41) is 9.11. The minimum Gasteiger partial charge on any atom is -0.481 e. The lowest BCUT2D eigenvalue weighted by Crippen LogP contribution is -2.46. The Bertz CT molecular complexity index is 366. The van der Waals surface area contributed by atoms with E-state index in [4.69, 9.17) is 9.84 Å². The van der Waals surface area contributed by atoms with Crippen molar-refractivity contribution in [2.45, 2.75) is 33.3 Å². The van der Waals surface area contributed by atoms with Crippen LogP contribution in [0.2, 0.25) is 0 Å². The highest BCUT2D eigenvalue weighted by Gasteiger charge is 2.66. The molecule has 18 heavy (non-hydrogen) atoms. The summed E-state index contributed by atoms with van der Waals surface area (Å²) in [4.78, 5) is 25.2. The third kappa shape index (κ3) is 2.11. The molecular weight excluding hydrogens is 234 g/mol. The first-order valence-electron chi connectivity index (χ1n) is 6.52. The minimum atomic E-state index is -0.862. The topological polar surface area (TPSA) is 66.8 Å². The van der Waals surface area contributed by atoms with Crippen molar-refractivity contribution in [1.82, 2.24) is 4.90 Å². The fourth-order valence-corrected chi connectivity index (χ4v) is 2.92. The Labute approximate surface area is 107 Å². The highest BCUT2D eigenvalue weighted by molar-refractivity contribution is 5.91. The Morgan fingerprint density at radius 3 is 2.56 bits per heavy atom. The maximum Gasteiger partial charge on any atom is 0.307 e. The number of ether oxygens (including phenoxy) is 1. The van der Waals surface area contributed by atoms with Gasteiger partial charge in [0.2, 0.25) is 5.91 Å². The van der Waals surface area contributed by atoms with Crippen molar-refractivity contribution >= 4 is 11.9 Å². The van der Waals surface area contributed by atoms with Crippen molar-refractivity contribution in [2.24, 2.45) is 17.3 Å². The largest absolute Gasteiger partial charge is 0.481 e. The first-order valence-corrected chi connectivity index (χ1v) is 6.52. The Kier molecular flexibility index (Phi) is 3.36. The van der Waals surface area contributed by atoms with Gasteiger partial charge in [0.25, 0.3) is 0 Å². The van der Waals surface area contributed by atoms with Crippen molar-refractivity contribution in [2.75, 3.05) is 19.7 Å². The lowest BCUT2D eigenvalue weighted by Gasteiger charge is -2.33. The number of aliphatic carboxylic acids is 1. The molecular formula is C13H21NO4. The van der Waals surface area contributed by atoms with Crippen molar-refractivity contribution in [3.63, 3.8) is 0 Å². The number of rotatable bonds is 3. The van der Waals surface area contributed by atoms with Gasteiger partial charge in [0.15, 0.2) is 0 Å².